The predicted molar refractivity (Wildman–Crippen MR) is 64.6 cm³/mol. The summed E-state index contributed by atoms with van der Waals surface area (Å²) in [4.78, 5) is 11.4. The molecule has 0 amide bonds. The maximum atomic E-state index is 11.4. The highest BCUT2D eigenvalue weighted by molar-refractivity contribution is 6.70. The Morgan fingerprint density at radius 2 is 1.87 bits per heavy atom. The summed E-state index contributed by atoms with van der Waals surface area (Å²) in [6, 6.07) is 0. The van der Waals surface area contributed by atoms with Gasteiger partial charge in [0.25, 0.3) is 4.33 Å². The van der Waals surface area contributed by atoms with Crippen LogP contribution in [-0.2, 0) is 14.0 Å². The van der Waals surface area contributed by atoms with Gasteiger partial charge in [-0.25, -0.2) is 4.79 Å². The summed E-state index contributed by atoms with van der Waals surface area (Å²) in [5.74, 6) is -0.722. The highest BCUT2D eigenvalue weighted by Crippen LogP contribution is 2.33. The maximum absolute atomic E-state index is 11.4. The fourth-order valence-electron chi connectivity index (χ4n) is 0.769. The Bertz CT molecular complexity index is 259. The molecule has 0 saturated heterocycles. The van der Waals surface area contributed by atoms with Crippen LogP contribution in [0.1, 0.15) is 6.92 Å². The number of rotatable bonds is 5. The number of alkyl halides is 2. The minimum atomic E-state index is -1.88. The van der Waals surface area contributed by atoms with Gasteiger partial charge in [0, 0.05) is 0 Å². The highest BCUT2D eigenvalue weighted by Gasteiger charge is 2.41. The summed E-state index contributed by atoms with van der Waals surface area (Å²) < 4.78 is 8.34. The molecule has 0 radical (unpaired) electrons. The number of carbonyl (C=O) groups is 1. The van der Waals surface area contributed by atoms with E-state index >= 15 is 0 Å². The third-order valence-electron chi connectivity index (χ3n) is 1.31. The Hall–Kier alpha value is -0.193. The van der Waals surface area contributed by atoms with Gasteiger partial charge in [-0.3, -0.25) is 0 Å². The average Bonchev–Trinajstić information content (AvgIpc) is 2.01. The first-order valence-electron chi connectivity index (χ1n) is 4.54. The Morgan fingerprint density at radius 1 is 1.40 bits per heavy atom. The molecule has 0 saturated carbocycles. The summed E-state index contributed by atoms with van der Waals surface area (Å²) in [7, 11) is -1.88. The van der Waals surface area contributed by atoms with E-state index in [1.54, 1.807) is 6.92 Å². The lowest BCUT2D eigenvalue weighted by atomic mass is 10.4. The number of hydrogen-bond donors (Lipinski definition) is 0. The highest BCUT2D eigenvalue weighted by atomic mass is 35.5. The van der Waals surface area contributed by atoms with Gasteiger partial charge in [0.1, 0.15) is 5.76 Å². The van der Waals surface area contributed by atoms with Crippen molar-refractivity contribution >= 4 is 37.5 Å². The van der Waals surface area contributed by atoms with Crippen LogP contribution in [0.4, 0.5) is 0 Å². The van der Waals surface area contributed by atoms with E-state index in [2.05, 4.69) is 6.58 Å². The fourth-order valence-corrected chi connectivity index (χ4v) is 1.98. The van der Waals surface area contributed by atoms with E-state index in [4.69, 9.17) is 32.4 Å². The molecule has 0 heterocycles. The van der Waals surface area contributed by atoms with Gasteiger partial charge < -0.3 is 9.16 Å². The van der Waals surface area contributed by atoms with Crippen LogP contribution in [0.25, 0.3) is 0 Å². The van der Waals surface area contributed by atoms with Crippen LogP contribution in [0.15, 0.2) is 12.3 Å². The van der Waals surface area contributed by atoms with Crippen molar-refractivity contribution in [2.75, 3.05) is 6.61 Å². The Morgan fingerprint density at radius 3 is 2.20 bits per heavy atom. The molecule has 0 aliphatic heterocycles. The van der Waals surface area contributed by atoms with Crippen molar-refractivity contribution in [1.82, 2.24) is 0 Å². The molecule has 15 heavy (non-hydrogen) atoms. The number of carbonyl (C=O) groups excluding carboxylic acids is 1. The van der Waals surface area contributed by atoms with Crippen LogP contribution in [0.3, 0.4) is 0 Å². The standard InChI is InChI=1S/C9H16Cl2O3Si/c1-6-13-8(12)9(10,11)7(2)14-15(3,4)5/h2,6H2,1,3-5H3. The first-order valence-corrected chi connectivity index (χ1v) is 8.71. The van der Waals surface area contributed by atoms with Crippen molar-refractivity contribution in [3.63, 3.8) is 0 Å². The number of halogens is 2. The zero-order valence-electron chi connectivity index (χ0n) is 9.39. The Kier molecular flexibility index (Phi) is 5.16. The van der Waals surface area contributed by atoms with Gasteiger partial charge in [-0.05, 0) is 26.6 Å². The zero-order valence-corrected chi connectivity index (χ0v) is 11.9. The van der Waals surface area contributed by atoms with Gasteiger partial charge in [-0.1, -0.05) is 29.8 Å². The summed E-state index contributed by atoms with van der Waals surface area (Å²) >= 11 is 11.6. The lowest BCUT2D eigenvalue weighted by molar-refractivity contribution is -0.143. The second-order valence-corrected chi connectivity index (χ2v) is 9.69. The number of esters is 1. The van der Waals surface area contributed by atoms with Crippen molar-refractivity contribution in [2.24, 2.45) is 0 Å². The maximum Gasteiger partial charge on any atom is 0.350 e. The molecule has 3 nitrogen and oxygen atoms in total. The second-order valence-electron chi connectivity index (χ2n) is 3.93. The first kappa shape index (κ1) is 14.8. The van der Waals surface area contributed by atoms with Crippen molar-refractivity contribution in [3.8, 4) is 0 Å². The summed E-state index contributed by atoms with van der Waals surface area (Å²) in [6.45, 7) is 11.3. The molecule has 0 bridgehead atoms. The molecule has 0 aliphatic carbocycles. The molecular weight excluding hydrogens is 255 g/mol. The second kappa shape index (κ2) is 5.23. The fraction of sp³-hybridized carbons (Fsp3) is 0.667. The molecule has 0 aromatic heterocycles. The van der Waals surface area contributed by atoms with Gasteiger partial charge >= 0.3 is 5.97 Å². The monoisotopic (exact) mass is 270 g/mol. The Labute approximate surface area is 101 Å². The average molecular weight is 271 g/mol. The van der Waals surface area contributed by atoms with E-state index in [-0.39, 0.29) is 12.4 Å². The van der Waals surface area contributed by atoms with Gasteiger partial charge in [-0.15, -0.1) is 0 Å². The molecule has 88 valence electrons. The molecule has 0 N–H and O–H groups in total. The predicted octanol–water partition coefficient (Wildman–Crippen LogP) is 3.09. The molecule has 0 rings (SSSR count). The molecule has 0 fully saturated rings. The van der Waals surface area contributed by atoms with Crippen molar-refractivity contribution in [1.29, 1.82) is 0 Å². The van der Waals surface area contributed by atoms with Crippen molar-refractivity contribution in [3.05, 3.63) is 12.3 Å². The first-order chi connectivity index (χ1) is 6.61. The SMILES string of the molecule is C=C(O[Si](C)(C)C)C(Cl)(Cl)C(=O)OCC. The normalized spacial score (nSPS) is 12.1. The van der Waals surface area contributed by atoms with Crippen LogP contribution in [0.5, 0.6) is 0 Å². The van der Waals surface area contributed by atoms with Gasteiger partial charge in [0.2, 0.25) is 8.32 Å². The molecule has 0 aliphatic rings. The summed E-state index contributed by atoms with van der Waals surface area (Å²) in [5, 5.41) is 0. The molecular formula is C9H16Cl2O3Si. The van der Waals surface area contributed by atoms with Crippen molar-refractivity contribution in [2.45, 2.75) is 30.9 Å². The largest absolute Gasteiger partial charge is 0.545 e. The molecule has 6 heteroatoms. The van der Waals surface area contributed by atoms with Crippen LogP contribution in [0, 0.1) is 0 Å². The molecule has 0 aromatic carbocycles. The van der Waals surface area contributed by atoms with E-state index in [1.807, 2.05) is 19.6 Å². The summed E-state index contributed by atoms with van der Waals surface area (Å²) in [6.07, 6.45) is 0. The number of hydrogen-bond acceptors (Lipinski definition) is 3. The molecule has 0 unspecified atom stereocenters. The summed E-state index contributed by atoms with van der Waals surface area (Å²) in [5.41, 5.74) is 0. The van der Waals surface area contributed by atoms with Crippen LogP contribution >= 0.6 is 23.2 Å². The minimum Gasteiger partial charge on any atom is -0.545 e. The van der Waals surface area contributed by atoms with Gasteiger partial charge in [0.05, 0.1) is 6.61 Å². The van der Waals surface area contributed by atoms with E-state index in [0.717, 1.165) is 0 Å². The number of ether oxygens (including phenoxy) is 1. The quantitative estimate of drug-likeness (QED) is 0.333. The van der Waals surface area contributed by atoms with E-state index in [1.165, 1.54) is 0 Å². The van der Waals surface area contributed by atoms with E-state index < -0.39 is 18.6 Å². The van der Waals surface area contributed by atoms with Gasteiger partial charge in [-0.2, -0.15) is 0 Å². The van der Waals surface area contributed by atoms with Gasteiger partial charge in [0.15, 0.2) is 0 Å². The van der Waals surface area contributed by atoms with E-state index in [9.17, 15) is 4.79 Å². The topological polar surface area (TPSA) is 35.5 Å². The van der Waals surface area contributed by atoms with Crippen LogP contribution < -0.4 is 0 Å². The van der Waals surface area contributed by atoms with Crippen LogP contribution in [-0.4, -0.2) is 25.2 Å². The lowest BCUT2D eigenvalue weighted by Gasteiger charge is -2.27. The third kappa shape index (κ3) is 4.91. The van der Waals surface area contributed by atoms with E-state index in [0.29, 0.717) is 0 Å². The molecule has 0 aromatic rings. The lowest BCUT2D eigenvalue weighted by Crippen LogP contribution is -2.36. The molecule has 0 spiro atoms. The third-order valence-corrected chi connectivity index (χ3v) is 2.90. The zero-order chi connectivity index (χ0) is 12.3. The Balaban J connectivity index is 4.59. The van der Waals surface area contributed by atoms with Crippen molar-refractivity contribution < 1.29 is 14.0 Å². The molecule has 0 atom stereocenters. The smallest absolute Gasteiger partial charge is 0.350 e. The van der Waals surface area contributed by atoms with Crippen LogP contribution in [0.2, 0.25) is 19.6 Å². The minimum absolute atomic E-state index is 0.0310.